The van der Waals surface area contributed by atoms with Gasteiger partial charge >= 0.3 is 0 Å². The molecule has 0 unspecified atom stereocenters. The lowest BCUT2D eigenvalue weighted by atomic mass is 10.1. The summed E-state index contributed by atoms with van der Waals surface area (Å²) in [5.74, 6) is -0.253. The van der Waals surface area contributed by atoms with Crippen LogP contribution in [0.25, 0.3) is 0 Å². The molecule has 0 heterocycles. The van der Waals surface area contributed by atoms with Crippen molar-refractivity contribution in [2.45, 2.75) is 30.7 Å². The normalized spacial score (nSPS) is 13.3. The number of carbonyl (C=O) groups excluding carboxylic acids is 1. The summed E-state index contributed by atoms with van der Waals surface area (Å²) in [6.07, 6.45) is -0.671. The van der Waals surface area contributed by atoms with Gasteiger partial charge in [0.05, 0.1) is 0 Å². The van der Waals surface area contributed by atoms with E-state index in [1.54, 1.807) is 12.1 Å². The number of halogens is 3. The summed E-state index contributed by atoms with van der Waals surface area (Å²) < 4.78 is -1.59. The number of alkyl halides is 3. The summed E-state index contributed by atoms with van der Waals surface area (Å²) >= 11 is 18.0. The van der Waals surface area contributed by atoms with Gasteiger partial charge in [0.15, 0.2) is 0 Å². The molecule has 1 amide bonds. The summed E-state index contributed by atoms with van der Waals surface area (Å²) in [6.45, 7) is 7.16. The van der Waals surface area contributed by atoms with Crippen LogP contribution in [-0.2, 0) is 0 Å². The van der Waals surface area contributed by atoms with E-state index in [1.165, 1.54) is 0 Å². The number of benzene rings is 1. The van der Waals surface area contributed by atoms with Crippen molar-refractivity contribution in [2.24, 2.45) is 0 Å². The highest BCUT2D eigenvalue weighted by Crippen LogP contribution is 2.32. The van der Waals surface area contributed by atoms with Gasteiger partial charge in [-0.25, -0.2) is 0 Å². The van der Waals surface area contributed by atoms with Crippen molar-refractivity contribution in [3.8, 4) is 0 Å². The number of rotatable bonds is 5. The van der Waals surface area contributed by atoms with Gasteiger partial charge in [-0.15, -0.1) is 0 Å². The molecule has 0 aliphatic carbocycles. The SMILES string of the molecule is CCN(CC)[C@@H](NC(=O)c1cccc(C)c1)C(Cl)(Cl)Cl. The molecule has 1 N–H and O–H groups in total. The van der Waals surface area contributed by atoms with Gasteiger partial charge in [-0.1, -0.05) is 66.3 Å². The smallest absolute Gasteiger partial charge is 0.252 e. The highest BCUT2D eigenvalue weighted by molar-refractivity contribution is 6.68. The van der Waals surface area contributed by atoms with Gasteiger partial charge in [0.2, 0.25) is 3.79 Å². The second-order valence-electron chi connectivity index (χ2n) is 4.51. The van der Waals surface area contributed by atoms with E-state index in [0.29, 0.717) is 18.7 Å². The molecule has 0 bridgehead atoms. The first-order valence-electron chi connectivity index (χ1n) is 6.47. The maximum Gasteiger partial charge on any atom is 0.252 e. The third kappa shape index (κ3) is 4.81. The van der Waals surface area contributed by atoms with E-state index in [9.17, 15) is 4.79 Å². The predicted octanol–water partition coefficient (Wildman–Crippen LogP) is 3.76. The second-order valence-corrected chi connectivity index (χ2v) is 6.88. The van der Waals surface area contributed by atoms with Gasteiger partial charge in [0, 0.05) is 5.56 Å². The Bertz CT molecular complexity index is 456. The van der Waals surface area contributed by atoms with Crippen molar-refractivity contribution >= 4 is 40.7 Å². The van der Waals surface area contributed by atoms with Gasteiger partial charge in [0.25, 0.3) is 5.91 Å². The van der Waals surface area contributed by atoms with Gasteiger partial charge in [-0.05, 0) is 32.1 Å². The van der Waals surface area contributed by atoms with Crippen molar-refractivity contribution in [1.82, 2.24) is 10.2 Å². The van der Waals surface area contributed by atoms with Crippen LogP contribution >= 0.6 is 34.8 Å². The Hall–Kier alpha value is -0.480. The maximum absolute atomic E-state index is 12.3. The highest BCUT2D eigenvalue weighted by atomic mass is 35.6. The summed E-state index contributed by atoms with van der Waals surface area (Å²) in [5, 5.41) is 2.79. The Kier molecular flexibility index (Phi) is 6.59. The zero-order valence-electron chi connectivity index (χ0n) is 11.8. The first-order valence-corrected chi connectivity index (χ1v) is 7.61. The molecule has 0 saturated carbocycles. The molecule has 0 fully saturated rings. The number of nitrogens with zero attached hydrogens (tertiary/aromatic N) is 1. The minimum atomic E-state index is -1.59. The summed E-state index contributed by atoms with van der Waals surface area (Å²) in [5.41, 5.74) is 1.56. The molecule has 20 heavy (non-hydrogen) atoms. The molecule has 6 heteroatoms. The van der Waals surface area contributed by atoms with E-state index in [2.05, 4.69) is 5.32 Å². The molecule has 1 aromatic rings. The van der Waals surface area contributed by atoms with Crippen LogP contribution in [0.3, 0.4) is 0 Å². The molecule has 112 valence electrons. The molecular formula is C14H19Cl3N2O. The number of aryl methyl sites for hydroxylation is 1. The molecule has 3 nitrogen and oxygen atoms in total. The second kappa shape index (κ2) is 7.51. The Morgan fingerprint density at radius 2 is 1.90 bits per heavy atom. The summed E-state index contributed by atoms with van der Waals surface area (Å²) in [7, 11) is 0. The van der Waals surface area contributed by atoms with Crippen LogP contribution in [0.1, 0.15) is 29.8 Å². The average molecular weight is 338 g/mol. The van der Waals surface area contributed by atoms with Crippen molar-refractivity contribution in [3.05, 3.63) is 35.4 Å². The molecule has 1 aromatic carbocycles. The van der Waals surface area contributed by atoms with Crippen LogP contribution in [0, 0.1) is 6.92 Å². The number of hydrogen-bond acceptors (Lipinski definition) is 2. The molecule has 1 atom stereocenters. The first kappa shape index (κ1) is 17.6. The third-order valence-corrected chi connectivity index (χ3v) is 3.66. The third-order valence-electron chi connectivity index (χ3n) is 3.04. The Balaban J connectivity index is 2.93. The van der Waals surface area contributed by atoms with Crippen LogP contribution in [0.5, 0.6) is 0 Å². The molecule has 0 aliphatic rings. The fourth-order valence-corrected chi connectivity index (χ4v) is 2.54. The van der Waals surface area contributed by atoms with Gasteiger partial charge in [0.1, 0.15) is 6.17 Å². The Labute approximate surface area is 135 Å². The van der Waals surface area contributed by atoms with Gasteiger partial charge < -0.3 is 5.32 Å². The molecule has 1 rings (SSSR count). The van der Waals surface area contributed by atoms with Crippen molar-refractivity contribution in [1.29, 1.82) is 0 Å². The zero-order chi connectivity index (χ0) is 15.3. The molecule has 0 aliphatic heterocycles. The molecule has 0 aromatic heterocycles. The quantitative estimate of drug-likeness (QED) is 0.655. The van der Waals surface area contributed by atoms with E-state index in [0.717, 1.165) is 5.56 Å². The topological polar surface area (TPSA) is 32.3 Å². The first-order chi connectivity index (χ1) is 9.29. The van der Waals surface area contributed by atoms with Gasteiger partial charge in [-0.3, -0.25) is 9.69 Å². The van der Waals surface area contributed by atoms with Crippen LogP contribution in [-0.4, -0.2) is 33.9 Å². The van der Waals surface area contributed by atoms with E-state index >= 15 is 0 Å². The fraction of sp³-hybridized carbons (Fsp3) is 0.500. The lowest BCUT2D eigenvalue weighted by Crippen LogP contribution is -2.55. The van der Waals surface area contributed by atoms with E-state index in [1.807, 2.05) is 37.8 Å². The lowest BCUT2D eigenvalue weighted by Gasteiger charge is -2.35. The van der Waals surface area contributed by atoms with E-state index in [4.69, 9.17) is 34.8 Å². The standard InChI is InChI=1S/C14H19Cl3N2O/c1-4-19(5-2)13(14(15,16)17)18-12(20)11-8-6-7-10(3)9-11/h6-9,13H,4-5H2,1-3H3,(H,18,20)/t13-/m1/s1. The number of hydrogen-bond donors (Lipinski definition) is 1. The number of nitrogens with one attached hydrogen (secondary N) is 1. The predicted molar refractivity (Wildman–Crippen MR) is 85.6 cm³/mol. The molecule has 0 saturated heterocycles. The average Bonchev–Trinajstić information content (AvgIpc) is 2.37. The van der Waals surface area contributed by atoms with Crippen molar-refractivity contribution in [3.63, 3.8) is 0 Å². The minimum Gasteiger partial charge on any atom is -0.332 e. The summed E-state index contributed by atoms with van der Waals surface area (Å²) in [6, 6.07) is 7.28. The molecule has 0 radical (unpaired) electrons. The fourth-order valence-electron chi connectivity index (χ4n) is 1.96. The highest BCUT2D eigenvalue weighted by Gasteiger charge is 2.37. The van der Waals surface area contributed by atoms with Crippen LogP contribution in [0.2, 0.25) is 0 Å². The maximum atomic E-state index is 12.3. The summed E-state index contributed by atoms with van der Waals surface area (Å²) in [4.78, 5) is 14.2. The van der Waals surface area contributed by atoms with Crippen molar-refractivity contribution in [2.75, 3.05) is 13.1 Å². The monoisotopic (exact) mass is 336 g/mol. The molecule has 0 spiro atoms. The Morgan fingerprint density at radius 3 is 2.35 bits per heavy atom. The van der Waals surface area contributed by atoms with E-state index < -0.39 is 9.96 Å². The number of amides is 1. The molecular weight excluding hydrogens is 319 g/mol. The van der Waals surface area contributed by atoms with Crippen molar-refractivity contribution < 1.29 is 4.79 Å². The van der Waals surface area contributed by atoms with Crippen LogP contribution in [0.4, 0.5) is 0 Å². The van der Waals surface area contributed by atoms with Crippen LogP contribution in [0.15, 0.2) is 24.3 Å². The number of carbonyl (C=O) groups is 1. The van der Waals surface area contributed by atoms with Crippen LogP contribution < -0.4 is 5.32 Å². The lowest BCUT2D eigenvalue weighted by molar-refractivity contribution is 0.0862. The van der Waals surface area contributed by atoms with E-state index in [-0.39, 0.29) is 5.91 Å². The van der Waals surface area contributed by atoms with Gasteiger partial charge in [-0.2, -0.15) is 0 Å². The Morgan fingerprint density at radius 1 is 1.30 bits per heavy atom. The minimum absolute atomic E-state index is 0.253. The largest absolute Gasteiger partial charge is 0.332 e. The zero-order valence-corrected chi connectivity index (χ0v) is 14.1.